The summed E-state index contributed by atoms with van der Waals surface area (Å²) in [6.07, 6.45) is 0. The van der Waals surface area contributed by atoms with Gasteiger partial charge in [0.1, 0.15) is 0 Å². The topological polar surface area (TPSA) is 82.2 Å². The quantitative estimate of drug-likeness (QED) is 0.710. The van der Waals surface area contributed by atoms with E-state index in [4.69, 9.17) is 22.1 Å². The van der Waals surface area contributed by atoms with Crippen molar-refractivity contribution in [2.75, 3.05) is 12.4 Å². The predicted molar refractivity (Wildman–Crippen MR) is 94.7 cm³/mol. The average molecular weight is 345 g/mol. The Hall–Kier alpha value is -2.57. The van der Waals surface area contributed by atoms with Gasteiger partial charge in [-0.2, -0.15) is 0 Å². The summed E-state index contributed by atoms with van der Waals surface area (Å²) >= 11 is 6.24. The number of halogens is 1. The molecule has 0 amide bonds. The van der Waals surface area contributed by atoms with E-state index in [-0.39, 0.29) is 0 Å². The van der Waals surface area contributed by atoms with Crippen molar-refractivity contribution in [1.82, 2.24) is 9.55 Å². The molecule has 0 aliphatic carbocycles. The summed E-state index contributed by atoms with van der Waals surface area (Å²) in [7, 11) is 3.24. The van der Waals surface area contributed by atoms with Crippen molar-refractivity contribution < 1.29 is 9.53 Å². The maximum atomic E-state index is 11.7. The molecular formula is C17H17ClN4O2. The molecule has 1 aromatic heterocycles. The monoisotopic (exact) mass is 344 g/mol. The third kappa shape index (κ3) is 2.93. The fraction of sp³-hybridized carbons (Fsp3) is 0.176. The zero-order valence-corrected chi connectivity index (χ0v) is 14.1. The summed E-state index contributed by atoms with van der Waals surface area (Å²) in [6.45, 7) is 0.427. The van der Waals surface area contributed by atoms with Gasteiger partial charge in [0, 0.05) is 13.6 Å². The molecule has 24 heavy (non-hydrogen) atoms. The number of anilines is 2. The van der Waals surface area contributed by atoms with Crippen molar-refractivity contribution in [1.29, 1.82) is 0 Å². The molecule has 0 radical (unpaired) electrons. The first-order chi connectivity index (χ1) is 11.5. The highest BCUT2D eigenvalue weighted by Gasteiger charge is 2.13. The first kappa shape index (κ1) is 16.3. The fourth-order valence-corrected chi connectivity index (χ4v) is 2.64. The first-order valence-corrected chi connectivity index (χ1v) is 7.71. The summed E-state index contributed by atoms with van der Waals surface area (Å²) in [5.74, 6) is 0.221. The molecule has 1 heterocycles. The van der Waals surface area contributed by atoms with E-state index in [0.717, 1.165) is 16.8 Å². The minimum Gasteiger partial charge on any atom is -0.465 e. The second-order valence-corrected chi connectivity index (χ2v) is 5.74. The number of rotatable bonds is 4. The van der Waals surface area contributed by atoms with Gasteiger partial charge in [-0.15, -0.1) is 0 Å². The van der Waals surface area contributed by atoms with E-state index in [9.17, 15) is 4.79 Å². The number of carbonyl (C=O) groups excluding carboxylic acids is 1. The van der Waals surface area contributed by atoms with Gasteiger partial charge in [0.15, 0.2) is 0 Å². The summed E-state index contributed by atoms with van der Waals surface area (Å²) < 4.78 is 6.63. The second kappa shape index (κ2) is 6.51. The third-order valence-electron chi connectivity index (χ3n) is 3.81. The van der Waals surface area contributed by atoms with Crippen molar-refractivity contribution >= 4 is 40.2 Å². The molecule has 0 saturated heterocycles. The Morgan fingerprint density at radius 1 is 1.33 bits per heavy atom. The minimum atomic E-state index is -0.393. The molecule has 0 bridgehead atoms. The Morgan fingerprint density at radius 3 is 2.83 bits per heavy atom. The lowest BCUT2D eigenvalue weighted by Gasteiger charge is -2.09. The summed E-state index contributed by atoms with van der Waals surface area (Å²) in [6, 6.07) is 10.8. The molecule has 7 heteroatoms. The normalized spacial score (nSPS) is 10.8. The maximum absolute atomic E-state index is 11.7. The number of ether oxygens (including phenoxy) is 1. The Balaban J connectivity index is 2.01. The molecule has 0 spiro atoms. The number of methoxy groups -OCH3 is 1. The van der Waals surface area contributed by atoms with Crippen molar-refractivity contribution in [3.63, 3.8) is 0 Å². The van der Waals surface area contributed by atoms with Crippen LogP contribution < -0.4 is 11.1 Å². The molecule has 0 saturated carbocycles. The molecule has 2 aromatic carbocycles. The number of benzene rings is 2. The number of nitrogens with two attached hydrogens (primary N) is 1. The van der Waals surface area contributed by atoms with Crippen molar-refractivity contribution in [3.05, 3.63) is 52.5 Å². The molecule has 124 valence electrons. The molecule has 0 aliphatic rings. The van der Waals surface area contributed by atoms with Crippen LogP contribution in [0.2, 0.25) is 5.02 Å². The largest absolute Gasteiger partial charge is 0.465 e. The summed E-state index contributed by atoms with van der Waals surface area (Å²) in [5.41, 5.74) is 9.40. The number of carbonyl (C=O) groups is 1. The van der Waals surface area contributed by atoms with Crippen LogP contribution in [0.1, 0.15) is 15.9 Å². The van der Waals surface area contributed by atoms with Gasteiger partial charge in [-0.25, -0.2) is 9.78 Å². The van der Waals surface area contributed by atoms with Crippen LogP contribution in [0, 0.1) is 0 Å². The molecule has 0 atom stereocenters. The van der Waals surface area contributed by atoms with E-state index >= 15 is 0 Å². The number of hydrogen-bond acceptors (Lipinski definition) is 5. The number of nitrogens with zero attached hydrogens (tertiary/aromatic N) is 2. The highest BCUT2D eigenvalue weighted by Crippen LogP contribution is 2.28. The van der Waals surface area contributed by atoms with Crippen LogP contribution in [-0.4, -0.2) is 22.6 Å². The molecule has 0 aliphatic heterocycles. The number of aryl methyl sites for hydroxylation is 1. The lowest BCUT2D eigenvalue weighted by molar-refractivity contribution is 0.0601. The number of hydrogen-bond donors (Lipinski definition) is 2. The van der Waals surface area contributed by atoms with Crippen molar-refractivity contribution in [2.24, 2.45) is 12.8 Å². The van der Waals surface area contributed by atoms with Gasteiger partial charge < -0.3 is 20.4 Å². The number of esters is 1. The van der Waals surface area contributed by atoms with Gasteiger partial charge in [0.05, 0.1) is 34.4 Å². The van der Waals surface area contributed by atoms with Gasteiger partial charge in [-0.3, -0.25) is 0 Å². The van der Waals surface area contributed by atoms with Crippen molar-refractivity contribution in [3.8, 4) is 0 Å². The Kier molecular flexibility index (Phi) is 4.42. The Labute approximate surface area is 144 Å². The lowest BCUT2D eigenvalue weighted by atomic mass is 10.2. The van der Waals surface area contributed by atoms with Crippen LogP contribution in [-0.2, 0) is 18.3 Å². The van der Waals surface area contributed by atoms with Gasteiger partial charge >= 0.3 is 5.97 Å². The average Bonchev–Trinajstić information content (AvgIpc) is 2.91. The van der Waals surface area contributed by atoms with Crippen molar-refractivity contribution in [2.45, 2.75) is 6.54 Å². The van der Waals surface area contributed by atoms with E-state index in [2.05, 4.69) is 10.3 Å². The van der Waals surface area contributed by atoms with Crippen LogP contribution in [0.5, 0.6) is 0 Å². The summed E-state index contributed by atoms with van der Waals surface area (Å²) in [4.78, 5) is 16.2. The Bertz CT molecular complexity index is 920. The van der Waals surface area contributed by atoms with E-state index in [1.54, 1.807) is 18.2 Å². The molecule has 3 aromatic rings. The highest BCUT2D eigenvalue weighted by atomic mass is 35.5. The van der Waals surface area contributed by atoms with Gasteiger partial charge in [0.25, 0.3) is 0 Å². The van der Waals surface area contributed by atoms with Gasteiger partial charge in [-0.1, -0.05) is 17.7 Å². The van der Waals surface area contributed by atoms with E-state index < -0.39 is 5.97 Å². The highest BCUT2D eigenvalue weighted by molar-refractivity contribution is 6.33. The third-order valence-corrected chi connectivity index (χ3v) is 4.14. The predicted octanol–water partition coefficient (Wildman–Crippen LogP) is 3.22. The SMILES string of the molecule is COC(=O)c1ccc2c(c1)nc(Nc1cc(CN)ccc1Cl)n2C. The van der Waals surface area contributed by atoms with E-state index in [1.165, 1.54) is 7.11 Å². The zero-order chi connectivity index (χ0) is 17.3. The van der Waals surface area contributed by atoms with Crippen LogP contribution in [0.15, 0.2) is 36.4 Å². The number of aromatic nitrogens is 2. The van der Waals surface area contributed by atoms with E-state index in [1.807, 2.05) is 29.8 Å². The smallest absolute Gasteiger partial charge is 0.337 e. The maximum Gasteiger partial charge on any atom is 0.337 e. The van der Waals surface area contributed by atoms with Gasteiger partial charge in [-0.05, 0) is 35.9 Å². The lowest BCUT2D eigenvalue weighted by Crippen LogP contribution is -2.02. The minimum absolute atomic E-state index is 0.393. The van der Waals surface area contributed by atoms with Gasteiger partial charge in [0.2, 0.25) is 5.95 Å². The molecular weight excluding hydrogens is 328 g/mol. The van der Waals surface area contributed by atoms with Crippen LogP contribution >= 0.6 is 11.6 Å². The number of fused-ring (bicyclic) bond motifs is 1. The molecule has 6 nitrogen and oxygen atoms in total. The fourth-order valence-electron chi connectivity index (χ4n) is 2.47. The van der Waals surface area contributed by atoms with Crippen LogP contribution in [0.3, 0.4) is 0 Å². The molecule has 0 fully saturated rings. The standard InChI is InChI=1S/C17H17ClN4O2/c1-22-15-6-4-11(16(23)24-2)8-14(15)21-17(22)20-13-7-10(9-19)3-5-12(13)18/h3-8H,9,19H2,1-2H3,(H,20,21). The molecule has 3 N–H and O–H groups in total. The summed E-state index contributed by atoms with van der Waals surface area (Å²) in [5, 5.41) is 3.79. The zero-order valence-electron chi connectivity index (χ0n) is 13.3. The molecule has 0 unspecified atom stereocenters. The van der Waals surface area contributed by atoms with Crippen LogP contribution in [0.4, 0.5) is 11.6 Å². The van der Waals surface area contributed by atoms with E-state index in [0.29, 0.717) is 28.6 Å². The number of imidazole rings is 1. The Morgan fingerprint density at radius 2 is 2.12 bits per heavy atom. The first-order valence-electron chi connectivity index (χ1n) is 7.33. The molecule has 3 rings (SSSR count). The van der Waals surface area contributed by atoms with Crippen LogP contribution in [0.25, 0.3) is 11.0 Å². The second-order valence-electron chi connectivity index (χ2n) is 5.33. The number of nitrogens with one attached hydrogen (secondary N) is 1.